The van der Waals surface area contributed by atoms with Crippen LogP contribution in [0, 0.1) is 5.92 Å². The Hall–Kier alpha value is -3.57. The zero-order valence-electron chi connectivity index (χ0n) is 18.6. The van der Waals surface area contributed by atoms with Crippen molar-refractivity contribution in [2.45, 2.75) is 25.9 Å². The summed E-state index contributed by atoms with van der Waals surface area (Å²) in [5, 5.41) is 8.61. The van der Waals surface area contributed by atoms with Crippen molar-refractivity contribution in [2.24, 2.45) is 5.92 Å². The fraction of sp³-hybridized carbons (Fsp3) is 0.455. The van der Waals surface area contributed by atoms with Crippen molar-refractivity contribution in [1.82, 2.24) is 25.3 Å². The van der Waals surface area contributed by atoms with Gasteiger partial charge in [-0.15, -0.1) is 0 Å². The Kier molecular flexibility index (Phi) is 8.13. The molecule has 2 heterocycles. The summed E-state index contributed by atoms with van der Waals surface area (Å²) in [7, 11) is 0. The van der Waals surface area contributed by atoms with Crippen molar-refractivity contribution in [3.05, 3.63) is 47.8 Å². The number of para-hydroxylation sites is 1. The molecule has 1 saturated heterocycles. The van der Waals surface area contributed by atoms with E-state index in [-0.39, 0.29) is 31.5 Å². The van der Waals surface area contributed by atoms with Crippen LogP contribution in [0.4, 0.5) is 18.0 Å². The van der Waals surface area contributed by atoms with E-state index in [1.807, 2.05) is 0 Å². The van der Waals surface area contributed by atoms with E-state index in [1.54, 1.807) is 42.2 Å². The summed E-state index contributed by atoms with van der Waals surface area (Å²) in [6, 6.07) is 8.15. The molecule has 2 aromatic rings. The van der Waals surface area contributed by atoms with Crippen LogP contribution < -0.4 is 10.6 Å². The molecule has 0 atom stereocenters. The molecule has 1 aliphatic heterocycles. The number of amides is 3. The van der Waals surface area contributed by atoms with Gasteiger partial charge in [-0.3, -0.25) is 9.59 Å². The molecule has 2 N–H and O–H groups in total. The number of piperidine rings is 1. The lowest BCUT2D eigenvalue weighted by atomic mass is 9.96. The number of carbonyl (C=O) groups excluding carboxylic acids is 3. The normalized spacial score (nSPS) is 14.5. The van der Waals surface area contributed by atoms with Gasteiger partial charge in [-0.2, -0.15) is 18.3 Å². The van der Waals surface area contributed by atoms with Crippen LogP contribution in [0.5, 0.6) is 0 Å². The first-order valence-corrected chi connectivity index (χ1v) is 10.9. The zero-order valence-corrected chi connectivity index (χ0v) is 18.6. The van der Waals surface area contributed by atoms with E-state index in [4.69, 9.17) is 4.74 Å². The first kappa shape index (κ1) is 25.1. The Labute approximate surface area is 194 Å². The first-order valence-electron chi connectivity index (χ1n) is 10.9. The van der Waals surface area contributed by atoms with Gasteiger partial charge < -0.3 is 20.3 Å². The first-order chi connectivity index (χ1) is 16.2. The Bertz CT molecular complexity index is 1000. The van der Waals surface area contributed by atoms with Crippen molar-refractivity contribution < 1.29 is 32.3 Å². The maximum Gasteiger partial charge on any atom is 0.435 e. The van der Waals surface area contributed by atoms with Crippen LogP contribution in [0.25, 0.3) is 5.69 Å². The summed E-state index contributed by atoms with van der Waals surface area (Å²) >= 11 is 0. The van der Waals surface area contributed by atoms with Crippen LogP contribution in [0.3, 0.4) is 0 Å². The second-order valence-electron chi connectivity index (χ2n) is 7.68. The molecule has 3 amide bonds. The highest BCUT2D eigenvalue weighted by Gasteiger charge is 2.39. The topological polar surface area (TPSA) is 106 Å². The fourth-order valence-corrected chi connectivity index (χ4v) is 3.60. The minimum absolute atomic E-state index is 0.0524. The third-order valence-electron chi connectivity index (χ3n) is 5.35. The maximum atomic E-state index is 13.4. The van der Waals surface area contributed by atoms with Crippen LogP contribution >= 0.6 is 0 Å². The van der Waals surface area contributed by atoms with Crippen molar-refractivity contribution in [1.29, 1.82) is 0 Å². The van der Waals surface area contributed by atoms with Gasteiger partial charge in [0.15, 0.2) is 5.69 Å². The van der Waals surface area contributed by atoms with Gasteiger partial charge in [0.1, 0.15) is 0 Å². The molecule has 0 aliphatic carbocycles. The molecular weight excluding hydrogens is 455 g/mol. The Morgan fingerprint density at radius 1 is 1.09 bits per heavy atom. The zero-order chi connectivity index (χ0) is 24.7. The molecule has 3 rings (SSSR count). The number of rotatable bonds is 7. The monoisotopic (exact) mass is 481 g/mol. The lowest BCUT2D eigenvalue weighted by Gasteiger charge is -2.30. The number of nitrogens with one attached hydrogen (secondary N) is 2. The predicted molar refractivity (Wildman–Crippen MR) is 115 cm³/mol. The minimum Gasteiger partial charge on any atom is -0.450 e. The summed E-state index contributed by atoms with van der Waals surface area (Å²) in [4.78, 5) is 38.0. The molecule has 1 aromatic carbocycles. The molecule has 1 aliphatic rings. The highest BCUT2D eigenvalue weighted by atomic mass is 19.4. The molecule has 1 fully saturated rings. The van der Waals surface area contributed by atoms with Crippen molar-refractivity contribution >= 4 is 17.9 Å². The summed E-state index contributed by atoms with van der Waals surface area (Å²) in [6.07, 6.45) is -3.23. The number of nitrogens with zero attached hydrogens (tertiary/aromatic N) is 3. The van der Waals surface area contributed by atoms with Crippen molar-refractivity contribution in [3.8, 4) is 5.69 Å². The molecular formula is C22H26F3N5O4. The van der Waals surface area contributed by atoms with Crippen LogP contribution in [-0.2, 0) is 15.7 Å². The lowest BCUT2D eigenvalue weighted by Crippen LogP contribution is -2.44. The molecule has 0 radical (unpaired) electrons. The van der Waals surface area contributed by atoms with E-state index in [1.165, 1.54) is 0 Å². The molecule has 0 bridgehead atoms. The summed E-state index contributed by atoms with van der Waals surface area (Å²) in [5.41, 5.74) is -1.51. The molecule has 12 heteroatoms. The van der Waals surface area contributed by atoms with E-state index in [0.29, 0.717) is 31.6 Å². The number of carbonyl (C=O) groups is 3. The van der Waals surface area contributed by atoms with E-state index in [0.717, 1.165) is 10.9 Å². The summed E-state index contributed by atoms with van der Waals surface area (Å²) in [6.45, 7) is 2.80. The number of benzene rings is 1. The Morgan fingerprint density at radius 2 is 1.74 bits per heavy atom. The molecule has 9 nitrogen and oxygen atoms in total. The molecule has 0 spiro atoms. The van der Waals surface area contributed by atoms with Gasteiger partial charge >= 0.3 is 12.3 Å². The molecule has 1 aromatic heterocycles. The molecule has 34 heavy (non-hydrogen) atoms. The van der Waals surface area contributed by atoms with Gasteiger partial charge in [0.25, 0.3) is 5.91 Å². The highest BCUT2D eigenvalue weighted by molar-refractivity contribution is 5.95. The average Bonchev–Trinajstić information content (AvgIpc) is 3.29. The SMILES string of the molecule is CCOC(=O)N1CCC(C(=O)NCCNC(=O)c2cn(-c3ccccc3)nc2C(F)(F)F)CC1. The van der Waals surface area contributed by atoms with E-state index < -0.39 is 29.4 Å². The van der Waals surface area contributed by atoms with Gasteiger partial charge in [-0.1, -0.05) is 18.2 Å². The van der Waals surface area contributed by atoms with Crippen LogP contribution in [0.1, 0.15) is 35.8 Å². The van der Waals surface area contributed by atoms with Gasteiger partial charge in [0.2, 0.25) is 5.91 Å². The second kappa shape index (κ2) is 11.0. The van der Waals surface area contributed by atoms with Gasteiger partial charge in [-0.25, -0.2) is 9.48 Å². The van der Waals surface area contributed by atoms with Gasteiger partial charge in [-0.05, 0) is 31.9 Å². The maximum absolute atomic E-state index is 13.4. The average molecular weight is 481 g/mol. The summed E-state index contributed by atoms with van der Waals surface area (Å²) < 4.78 is 46.2. The minimum atomic E-state index is -4.81. The number of alkyl halides is 3. The quantitative estimate of drug-likeness (QED) is 0.592. The smallest absolute Gasteiger partial charge is 0.435 e. The lowest BCUT2D eigenvalue weighted by molar-refractivity contribution is -0.141. The number of ether oxygens (including phenoxy) is 1. The predicted octanol–water partition coefficient (Wildman–Crippen LogP) is 2.61. The standard InChI is InChI=1S/C22H26F3N5O4/c1-2-34-21(33)29-12-8-15(9-13-29)19(31)26-10-11-27-20(32)17-14-30(16-6-4-3-5-7-16)28-18(17)22(23,24)25/h3-7,14-15H,2,8-13H2,1H3,(H,26,31)(H,27,32). The van der Waals surface area contributed by atoms with E-state index in [2.05, 4.69) is 15.7 Å². The highest BCUT2D eigenvalue weighted by Crippen LogP contribution is 2.31. The largest absolute Gasteiger partial charge is 0.450 e. The summed E-state index contributed by atoms with van der Waals surface area (Å²) in [5.74, 6) is -1.46. The van der Waals surface area contributed by atoms with Crippen molar-refractivity contribution in [3.63, 3.8) is 0 Å². The second-order valence-corrected chi connectivity index (χ2v) is 7.68. The Morgan fingerprint density at radius 3 is 2.35 bits per heavy atom. The van der Waals surface area contributed by atoms with Gasteiger partial charge in [0.05, 0.1) is 17.9 Å². The fourth-order valence-electron chi connectivity index (χ4n) is 3.60. The molecule has 0 unspecified atom stereocenters. The van der Waals surface area contributed by atoms with Crippen LogP contribution in [0.15, 0.2) is 36.5 Å². The third-order valence-corrected chi connectivity index (χ3v) is 5.35. The number of halogens is 3. The van der Waals surface area contributed by atoms with E-state index >= 15 is 0 Å². The van der Waals surface area contributed by atoms with Crippen LogP contribution in [-0.4, -0.2) is 65.4 Å². The number of hydrogen-bond donors (Lipinski definition) is 2. The van der Waals surface area contributed by atoms with Crippen LogP contribution in [0.2, 0.25) is 0 Å². The third kappa shape index (κ3) is 6.27. The Balaban J connectivity index is 1.50. The molecule has 0 saturated carbocycles. The van der Waals surface area contributed by atoms with E-state index in [9.17, 15) is 27.6 Å². The van der Waals surface area contributed by atoms with Gasteiger partial charge in [0, 0.05) is 38.3 Å². The molecule has 184 valence electrons. The number of aromatic nitrogens is 2. The number of hydrogen-bond acceptors (Lipinski definition) is 5. The number of likely N-dealkylation sites (tertiary alicyclic amines) is 1. The van der Waals surface area contributed by atoms with Crippen molar-refractivity contribution in [2.75, 3.05) is 32.8 Å².